The van der Waals surface area contributed by atoms with Crippen LogP contribution in [0.5, 0.6) is 0 Å². The third kappa shape index (κ3) is 7.74. The van der Waals surface area contributed by atoms with Gasteiger partial charge in [0.25, 0.3) is 0 Å². The van der Waals surface area contributed by atoms with Crippen molar-refractivity contribution in [1.82, 2.24) is 0 Å². The number of aliphatic hydroxyl groups is 2. The maximum absolute atomic E-state index is 9.85. The monoisotopic (exact) mass is 246 g/mol. The molecule has 0 saturated carbocycles. The van der Waals surface area contributed by atoms with Crippen LogP contribution in [0.25, 0.3) is 0 Å². The molecule has 17 heavy (non-hydrogen) atoms. The highest BCUT2D eigenvalue weighted by Crippen LogP contribution is 2.14. The zero-order valence-electron chi connectivity index (χ0n) is 11.9. The number of aliphatic hydroxyl groups excluding tert-OH is 2. The first-order valence-corrected chi connectivity index (χ1v) is 7.04. The van der Waals surface area contributed by atoms with Crippen molar-refractivity contribution in [2.24, 2.45) is 0 Å². The second-order valence-electron chi connectivity index (χ2n) is 4.97. The van der Waals surface area contributed by atoms with Gasteiger partial charge in [-0.2, -0.15) is 0 Å². The predicted molar refractivity (Wildman–Crippen MR) is 71.1 cm³/mol. The van der Waals surface area contributed by atoms with Crippen molar-refractivity contribution in [3.63, 3.8) is 0 Å². The minimum absolute atomic E-state index is 0.201. The Morgan fingerprint density at radius 3 is 1.47 bits per heavy atom. The van der Waals surface area contributed by atoms with Crippen molar-refractivity contribution in [3.8, 4) is 0 Å². The smallest absolute Gasteiger partial charge is 0.0810 e. The fraction of sp³-hybridized carbons (Fsp3) is 1.00. The summed E-state index contributed by atoms with van der Waals surface area (Å²) < 4.78 is 5.67. The van der Waals surface area contributed by atoms with Crippen LogP contribution in [0.15, 0.2) is 0 Å². The normalized spacial score (nSPS) is 18.7. The van der Waals surface area contributed by atoms with E-state index in [2.05, 4.69) is 13.8 Å². The average molecular weight is 246 g/mol. The van der Waals surface area contributed by atoms with Crippen molar-refractivity contribution in [3.05, 3.63) is 0 Å². The molecule has 0 aliphatic rings. The summed E-state index contributed by atoms with van der Waals surface area (Å²) in [5, 5.41) is 19.7. The van der Waals surface area contributed by atoms with E-state index in [9.17, 15) is 10.2 Å². The van der Waals surface area contributed by atoms with Crippen molar-refractivity contribution in [2.75, 3.05) is 0 Å². The van der Waals surface area contributed by atoms with Gasteiger partial charge in [0.2, 0.25) is 0 Å². The third-order valence-electron chi connectivity index (χ3n) is 3.22. The second-order valence-corrected chi connectivity index (χ2v) is 4.97. The summed E-state index contributed by atoms with van der Waals surface area (Å²) in [4.78, 5) is 0. The molecular formula is C14H30O3. The lowest BCUT2D eigenvalue weighted by Gasteiger charge is -2.26. The summed E-state index contributed by atoms with van der Waals surface area (Å²) in [6.07, 6.45) is 4.50. The van der Waals surface area contributed by atoms with E-state index >= 15 is 0 Å². The van der Waals surface area contributed by atoms with Gasteiger partial charge in [-0.05, 0) is 26.7 Å². The number of hydrogen-bond donors (Lipinski definition) is 2. The van der Waals surface area contributed by atoms with Gasteiger partial charge in [-0.25, -0.2) is 0 Å². The fourth-order valence-electron chi connectivity index (χ4n) is 1.82. The highest BCUT2D eigenvalue weighted by atomic mass is 16.5. The molecule has 0 rings (SSSR count). The van der Waals surface area contributed by atoms with Crippen LogP contribution in [-0.2, 0) is 4.74 Å². The van der Waals surface area contributed by atoms with Crippen LogP contribution in [0.2, 0.25) is 0 Å². The van der Waals surface area contributed by atoms with Crippen LogP contribution in [-0.4, -0.2) is 34.6 Å². The molecule has 2 N–H and O–H groups in total. The Kier molecular flexibility index (Phi) is 9.79. The maximum Gasteiger partial charge on any atom is 0.0810 e. The number of rotatable bonds is 10. The first-order valence-electron chi connectivity index (χ1n) is 7.04. The quantitative estimate of drug-likeness (QED) is 0.623. The lowest BCUT2D eigenvalue weighted by Crippen LogP contribution is -2.35. The zero-order chi connectivity index (χ0) is 13.3. The molecule has 0 heterocycles. The van der Waals surface area contributed by atoms with E-state index in [1.54, 1.807) is 0 Å². The van der Waals surface area contributed by atoms with E-state index in [0.29, 0.717) is 0 Å². The molecular weight excluding hydrogens is 216 g/mol. The minimum Gasteiger partial charge on any atom is -0.390 e. The lowest BCUT2D eigenvalue weighted by molar-refractivity contribution is -0.104. The van der Waals surface area contributed by atoms with Gasteiger partial charge in [-0.3, -0.25) is 0 Å². The van der Waals surface area contributed by atoms with Crippen molar-refractivity contribution >= 4 is 0 Å². The Morgan fingerprint density at radius 1 is 0.824 bits per heavy atom. The molecule has 0 radical (unpaired) electrons. The molecule has 104 valence electrons. The first-order chi connectivity index (χ1) is 8.02. The number of ether oxygens (including phenoxy) is 1. The van der Waals surface area contributed by atoms with E-state index < -0.39 is 12.2 Å². The lowest BCUT2D eigenvalue weighted by atomic mass is 10.1. The molecule has 4 atom stereocenters. The Bertz CT molecular complexity index is 155. The van der Waals surface area contributed by atoms with Crippen LogP contribution < -0.4 is 0 Å². The van der Waals surface area contributed by atoms with Gasteiger partial charge in [-0.15, -0.1) is 0 Å². The minimum atomic E-state index is -0.421. The molecule has 0 fully saturated rings. The molecule has 0 aromatic heterocycles. The topological polar surface area (TPSA) is 49.7 Å². The van der Waals surface area contributed by atoms with E-state index in [1.807, 2.05) is 13.8 Å². The zero-order valence-corrected chi connectivity index (χ0v) is 11.9. The van der Waals surface area contributed by atoms with E-state index in [4.69, 9.17) is 4.74 Å². The molecule has 0 aliphatic carbocycles. The molecule has 0 bridgehead atoms. The first kappa shape index (κ1) is 16.9. The number of hydrogen-bond acceptors (Lipinski definition) is 3. The molecule has 0 aromatic rings. The maximum atomic E-state index is 9.85. The summed E-state index contributed by atoms with van der Waals surface area (Å²) in [7, 11) is 0. The van der Waals surface area contributed by atoms with E-state index in [0.717, 1.165) is 38.5 Å². The van der Waals surface area contributed by atoms with E-state index in [-0.39, 0.29) is 12.2 Å². The van der Waals surface area contributed by atoms with Crippen LogP contribution in [0.4, 0.5) is 0 Å². The largest absolute Gasteiger partial charge is 0.390 e. The van der Waals surface area contributed by atoms with Gasteiger partial charge in [0, 0.05) is 0 Å². The third-order valence-corrected chi connectivity index (χ3v) is 3.22. The van der Waals surface area contributed by atoms with Crippen molar-refractivity contribution in [1.29, 1.82) is 0 Å². The van der Waals surface area contributed by atoms with Crippen LogP contribution in [0, 0.1) is 0 Å². The van der Waals surface area contributed by atoms with Crippen LogP contribution >= 0.6 is 0 Å². The summed E-state index contributed by atoms with van der Waals surface area (Å²) in [5.41, 5.74) is 0. The van der Waals surface area contributed by atoms with Gasteiger partial charge in [0.15, 0.2) is 0 Å². The van der Waals surface area contributed by atoms with Crippen LogP contribution in [0.3, 0.4) is 0 Å². The molecule has 0 spiro atoms. The highest BCUT2D eigenvalue weighted by molar-refractivity contribution is 4.70. The Labute approximate surface area is 106 Å². The van der Waals surface area contributed by atoms with Gasteiger partial charge in [-0.1, -0.05) is 39.5 Å². The van der Waals surface area contributed by atoms with Gasteiger partial charge >= 0.3 is 0 Å². The Balaban J connectivity index is 3.87. The average Bonchev–Trinajstić information content (AvgIpc) is 2.32. The molecule has 0 aromatic carbocycles. The SMILES string of the molecule is CCCCC(O)C(C)OC(C)C(O)CCCC. The van der Waals surface area contributed by atoms with E-state index in [1.165, 1.54) is 0 Å². The summed E-state index contributed by atoms with van der Waals surface area (Å²) >= 11 is 0. The Morgan fingerprint density at radius 2 is 1.18 bits per heavy atom. The standard InChI is InChI=1S/C14H30O3/c1-5-7-9-13(15)11(3)17-12(4)14(16)10-8-6-2/h11-16H,5-10H2,1-4H3. The molecule has 0 amide bonds. The number of unbranched alkanes of at least 4 members (excludes halogenated alkanes) is 2. The molecule has 4 unspecified atom stereocenters. The Hall–Kier alpha value is -0.120. The summed E-state index contributed by atoms with van der Waals surface area (Å²) in [5.74, 6) is 0. The molecule has 0 saturated heterocycles. The highest BCUT2D eigenvalue weighted by Gasteiger charge is 2.21. The summed E-state index contributed by atoms with van der Waals surface area (Å²) in [6.45, 7) is 7.97. The molecule has 3 nitrogen and oxygen atoms in total. The van der Waals surface area contributed by atoms with Crippen molar-refractivity contribution < 1.29 is 14.9 Å². The second kappa shape index (κ2) is 9.86. The fourth-order valence-corrected chi connectivity index (χ4v) is 1.82. The van der Waals surface area contributed by atoms with Gasteiger partial charge < -0.3 is 14.9 Å². The van der Waals surface area contributed by atoms with Gasteiger partial charge in [0.05, 0.1) is 24.4 Å². The van der Waals surface area contributed by atoms with Crippen molar-refractivity contribution in [2.45, 2.75) is 90.6 Å². The molecule has 0 aliphatic heterocycles. The molecule has 3 heteroatoms. The predicted octanol–water partition coefficient (Wildman–Crippen LogP) is 2.88. The van der Waals surface area contributed by atoms with Crippen LogP contribution in [0.1, 0.15) is 66.2 Å². The summed E-state index contributed by atoms with van der Waals surface area (Å²) in [6, 6.07) is 0. The van der Waals surface area contributed by atoms with Gasteiger partial charge in [0.1, 0.15) is 0 Å².